The Balaban J connectivity index is 3.18. The lowest BCUT2D eigenvalue weighted by molar-refractivity contribution is 0.0517. The normalized spacial score (nSPS) is 10.6. The van der Waals surface area contributed by atoms with Crippen LogP contribution in [0.15, 0.2) is 10.5 Å². The molecule has 0 aliphatic rings. The monoisotopic (exact) mass is 293 g/mol. The van der Waals surface area contributed by atoms with Gasteiger partial charge in [0.25, 0.3) is 6.43 Å². The van der Waals surface area contributed by atoms with E-state index in [9.17, 15) is 13.6 Å². The maximum atomic E-state index is 12.6. The van der Waals surface area contributed by atoms with Gasteiger partial charge in [-0.3, -0.25) is 0 Å². The molecule has 0 amide bonds. The molecule has 1 aromatic heterocycles. The van der Waals surface area contributed by atoms with Crippen LogP contribution in [-0.4, -0.2) is 17.6 Å². The van der Waals surface area contributed by atoms with Crippen LogP contribution in [0.4, 0.5) is 8.78 Å². The number of esters is 1. The summed E-state index contributed by atoms with van der Waals surface area (Å²) in [5, 5.41) is 0. The molecule has 1 aromatic rings. The molecule has 0 fully saturated rings. The molecular weight excluding hydrogens is 284 g/mol. The van der Waals surface area contributed by atoms with Crippen LogP contribution in [0.1, 0.15) is 35.1 Å². The summed E-state index contributed by atoms with van der Waals surface area (Å²) in [6.45, 7) is 3.43. The smallest absolute Gasteiger partial charge is 0.356 e. The minimum atomic E-state index is -2.73. The van der Waals surface area contributed by atoms with Gasteiger partial charge in [0.1, 0.15) is 11.4 Å². The van der Waals surface area contributed by atoms with Gasteiger partial charge in [-0.2, -0.15) is 0 Å². The Kier molecular flexibility index (Phi) is 4.35. The zero-order valence-corrected chi connectivity index (χ0v) is 10.3. The highest BCUT2D eigenvalue weighted by Gasteiger charge is 2.19. The molecular formula is C10H10BrF2NO2. The number of nitrogens with zero attached hydrogens (tertiary/aromatic N) is 1. The third kappa shape index (κ3) is 2.75. The average molecular weight is 294 g/mol. The number of hydrogen-bond donors (Lipinski definition) is 0. The van der Waals surface area contributed by atoms with Crippen LogP contribution in [0.5, 0.6) is 0 Å². The van der Waals surface area contributed by atoms with Gasteiger partial charge in [-0.05, 0) is 41.4 Å². The molecule has 1 rings (SSSR count). The first-order valence-corrected chi connectivity index (χ1v) is 5.39. The van der Waals surface area contributed by atoms with Gasteiger partial charge in [-0.1, -0.05) is 0 Å². The molecule has 0 spiro atoms. The first-order valence-electron chi connectivity index (χ1n) is 4.59. The lowest BCUT2D eigenvalue weighted by Gasteiger charge is -2.08. The fourth-order valence-corrected chi connectivity index (χ4v) is 1.51. The zero-order valence-electron chi connectivity index (χ0n) is 8.76. The number of aryl methyl sites for hydroxylation is 1. The second-order valence-electron chi connectivity index (χ2n) is 3.04. The molecule has 0 radical (unpaired) electrons. The molecule has 0 aliphatic carbocycles. The number of hydrogen-bond acceptors (Lipinski definition) is 3. The molecule has 0 saturated carbocycles. The SMILES string of the molecule is CCOC(=O)c1cc(C)c(Br)c(C(F)F)n1. The van der Waals surface area contributed by atoms with Crippen molar-refractivity contribution < 1.29 is 18.3 Å². The van der Waals surface area contributed by atoms with Gasteiger partial charge >= 0.3 is 5.97 Å². The van der Waals surface area contributed by atoms with Crippen LogP contribution in [0.3, 0.4) is 0 Å². The maximum Gasteiger partial charge on any atom is 0.356 e. The molecule has 0 unspecified atom stereocenters. The summed E-state index contributed by atoms with van der Waals surface area (Å²) in [6, 6.07) is 1.41. The quantitative estimate of drug-likeness (QED) is 0.803. The minimum absolute atomic E-state index is 0.0992. The van der Waals surface area contributed by atoms with E-state index in [2.05, 4.69) is 20.9 Å². The molecule has 0 N–H and O–H groups in total. The highest BCUT2D eigenvalue weighted by atomic mass is 79.9. The van der Waals surface area contributed by atoms with E-state index in [-0.39, 0.29) is 16.8 Å². The van der Waals surface area contributed by atoms with Crippen molar-refractivity contribution in [1.29, 1.82) is 0 Å². The molecule has 16 heavy (non-hydrogen) atoms. The summed E-state index contributed by atoms with van der Waals surface area (Å²) in [7, 11) is 0. The van der Waals surface area contributed by atoms with Crippen LogP contribution in [0, 0.1) is 6.92 Å². The Morgan fingerprint density at radius 1 is 1.62 bits per heavy atom. The van der Waals surface area contributed by atoms with Gasteiger partial charge in [-0.15, -0.1) is 0 Å². The van der Waals surface area contributed by atoms with Crippen LogP contribution < -0.4 is 0 Å². The molecule has 1 heterocycles. The van der Waals surface area contributed by atoms with Crippen molar-refractivity contribution >= 4 is 21.9 Å². The zero-order chi connectivity index (χ0) is 12.3. The predicted octanol–water partition coefficient (Wildman–Crippen LogP) is 3.27. The molecule has 0 saturated heterocycles. The van der Waals surface area contributed by atoms with Crippen molar-refractivity contribution in [3.63, 3.8) is 0 Å². The number of carbonyl (C=O) groups is 1. The van der Waals surface area contributed by atoms with Gasteiger partial charge in [0, 0.05) is 4.47 Å². The highest BCUT2D eigenvalue weighted by molar-refractivity contribution is 9.10. The van der Waals surface area contributed by atoms with Crippen LogP contribution >= 0.6 is 15.9 Å². The first-order chi connectivity index (χ1) is 7.47. The highest BCUT2D eigenvalue weighted by Crippen LogP contribution is 2.28. The maximum absolute atomic E-state index is 12.6. The topological polar surface area (TPSA) is 39.2 Å². The Labute approximate surface area is 99.9 Å². The first kappa shape index (κ1) is 13.0. The number of ether oxygens (including phenoxy) is 1. The summed E-state index contributed by atoms with van der Waals surface area (Å²) < 4.78 is 30.1. The molecule has 0 atom stereocenters. The Morgan fingerprint density at radius 3 is 2.75 bits per heavy atom. The summed E-state index contributed by atoms with van der Waals surface area (Å²) in [6.07, 6.45) is -2.73. The lowest BCUT2D eigenvalue weighted by atomic mass is 10.2. The fraction of sp³-hybridized carbons (Fsp3) is 0.400. The Hall–Kier alpha value is -1.04. The molecule has 0 bridgehead atoms. The summed E-state index contributed by atoms with van der Waals surface area (Å²) in [5.41, 5.74) is -0.0192. The number of halogens is 3. The third-order valence-electron chi connectivity index (χ3n) is 1.86. The van der Waals surface area contributed by atoms with Gasteiger partial charge in [0.15, 0.2) is 0 Å². The van der Waals surface area contributed by atoms with E-state index in [1.165, 1.54) is 6.07 Å². The van der Waals surface area contributed by atoms with Gasteiger partial charge < -0.3 is 4.74 Å². The molecule has 0 aromatic carbocycles. The molecule has 6 heteroatoms. The Bertz CT molecular complexity index is 410. The van der Waals surface area contributed by atoms with E-state index in [0.29, 0.717) is 5.56 Å². The van der Waals surface area contributed by atoms with Crippen molar-refractivity contribution in [2.45, 2.75) is 20.3 Å². The minimum Gasteiger partial charge on any atom is -0.461 e. The number of carbonyl (C=O) groups excluding carboxylic acids is 1. The van der Waals surface area contributed by atoms with Crippen LogP contribution in [0.25, 0.3) is 0 Å². The number of pyridine rings is 1. The predicted molar refractivity (Wildman–Crippen MR) is 57.6 cm³/mol. The van der Waals surface area contributed by atoms with E-state index in [0.717, 1.165) is 0 Å². The summed E-state index contributed by atoms with van der Waals surface area (Å²) in [4.78, 5) is 14.9. The number of rotatable bonds is 3. The molecule has 3 nitrogen and oxygen atoms in total. The second kappa shape index (κ2) is 5.34. The number of aromatic nitrogens is 1. The van der Waals surface area contributed by atoms with Gasteiger partial charge in [0.05, 0.1) is 6.61 Å². The standard InChI is InChI=1S/C10H10BrF2NO2/c1-3-16-10(15)6-4-5(2)7(11)8(14-6)9(12)13/h4,9H,3H2,1-2H3. The number of alkyl halides is 2. The van der Waals surface area contributed by atoms with Crippen LogP contribution in [0.2, 0.25) is 0 Å². The lowest BCUT2D eigenvalue weighted by Crippen LogP contribution is -2.10. The van der Waals surface area contributed by atoms with Crippen molar-refractivity contribution in [1.82, 2.24) is 4.98 Å². The van der Waals surface area contributed by atoms with Gasteiger partial charge in [0.2, 0.25) is 0 Å². The van der Waals surface area contributed by atoms with Crippen molar-refractivity contribution in [3.8, 4) is 0 Å². The molecule has 0 aliphatic heterocycles. The van der Waals surface area contributed by atoms with Crippen LogP contribution in [-0.2, 0) is 4.74 Å². The van der Waals surface area contributed by atoms with E-state index in [1.807, 2.05) is 0 Å². The average Bonchev–Trinajstić information content (AvgIpc) is 2.21. The van der Waals surface area contributed by atoms with E-state index in [4.69, 9.17) is 4.74 Å². The van der Waals surface area contributed by atoms with Gasteiger partial charge in [-0.25, -0.2) is 18.6 Å². The summed E-state index contributed by atoms with van der Waals surface area (Å²) in [5.74, 6) is -0.694. The Morgan fingerprint density at radius 2 is 2.25 bits per heavy atom. The third-order valence-corrected chi connectivity index (χ3v) is 2.89. The second-order valence-corrected chi connectivity index (χ2v) is 3.84. The van der Waals surface area contributed by atoms with Crippen molar-refractivity contribution in [2.75, 3.05) is 6.61 Å². The van der Waals surface area contributed by atoms with E-state index >= 15 is 0 Å². The fourth-order valence-electron chi connectivity index (χ4n) is 1.14. The van der Waals surface area contributed by atoms with Crippen molar-refractivity contribution in [3.05, 3.63) is 27.5 Å². The largest absolute Gasteiger partial charge is 0.461 e. The van der Waals surface area contributed by atoms with Crippen molar-refractivity contribution in [2.24, 2.45) is 0 Å². The van der Waals surface area contributed by atoms with E-state index < -0.39 is 18.1 Å². The molecule has 88 valence electrons. The summed E-state index contributed by atoms with van der Waals surface area (Å²) >= 11 is 3.01. The van der Waals surface area contributed by atoms with E-state index in [1.54, 1.807) is 13.8 Å².